The molecule has 1 aromatic rings. The van der Waals surface area contributed by atoms with Gasteiger partial charge in [0.2, 0.25) is 5.91 Å². The Morgan fingerprint density at radius 1 is 1.31 bits per heavy atom. The average molecular weight is 381 g/mol. The number of likely N-dealkylation sites (tertiary alicyclic amines) is 1. The van der Waals surface area contributed by atoms with Gasteiger partial charge in [-0.05, 0) is 30.9 Å². The summed E-state index contributed by atoms with van der Waals surface area (Å²) in [5.41, 5.74) is 0.359. The zero-order valence-electron chi connectivity index (χ0n) is 15.6. The molecule has 1 spiro atoms. The molecular formula is C18H27N3O4S. The Labute approximate surface area is 155 Å². The van der Waals surface area contributed by atoms with Crippen LogP contribution in [0.25, 0.3) is 0 Å². The van der Waals surface area contributed by atoms with Gasteiger partial charge in [0.1, 0.15) is 5.82 Å². The van der Waals surface area contributed by atoms with Crippen LogP contribution in [0, 0.1) is 5.41 Å². The van der Waals surface area contributed by atoms with E-state index in [4.69, 9.17) is 4.74 Å². The summed E-state index contributed by atoms with van der Waals surface area (Å²) in [5, 5.41) is 0. The summed E-state index contributed by atoms with van der Waals surface area (Å²) in [6, 6.07) is 3.68. The van der Waals surface area contributed by atoms with Crippen molar-refractivity contribution in [1.82, 2.24) is 9.88 Å². The van der Waals surface area contributed by atoms with Gasteiger partial charge in [0.15, 0.2) is 9.84 Å². The van der Waals surface area contributed by atoms with E-state index in [1.54, 1.807) is 18.2 Å². The molecule has 1 amide bonds. The summed E-state index contributed by atoms with van der Waals surface area (Å²) >= 11 is 0. The van der Waals surface area contributed by atoms with Crippen LogP contribution in [0.5, 0.6) is 0 Å². The minimum Gasteiger partial charge on any atom is -0.380 e. The van der Waals surface area contributed by atoms with E-state index in [0.717, 1.165) is 38.2 Å². The predicted octanol–water partition coefficient (Wildman–Crippen LogP) is 1.09. The number of carbonyl (C=O) groups is 1. The number of ether oxygens (including phenoxy) is 1. The number of likely N-dealkylation sites (N-methyl/N-ethyl adjacent to an activating group) is 1. The third-order valence-electron chi connectivity index (χ3n) is 5.51. The number of pyridine rings is 1. The van der Waals surface area contributed by atoms with Gasteiger partial charge in [0, 0.05) is 46.2 Å². The largest absolute Gasteiger partial charge is 0.380 e. The lowest BCUT2D eigenvalue weighted by Crippen LogP contribution is -2.56. The molecule has 3 heterocycles. The summed E-state index contributed by atoms with van der Waals surface area (Å²) in [6.07, 6.45) is 5.28. The molecule has 0 radical (unpaired) electrons. The van der Waals surface area contributed by atoms with Gasteiger partial charge >= 0.3 is 0 Å². The molecule has 1 atom stereocenters. The molecule has 2 saturated heterocycles. The lowest BCUT2D eigenvalue weighted by Gasteiger charge is -2.47. The zero-order valence-corrected chi connectivity index (χ0v) is 16.5. The second-order valence-electron chi connectivity index (χ2n) is 7.61. The number of methoxy groups -OCH3 is 1. The lowest BCUT2D eigenvalue weighted by atomic mass is 9.71. The fraction of sp³-hybridized carbons (Fsp3) is 0.667. The fourth-order valence-electron chi connectivity index (χ4n) is 4.11. The molecule has 2 fully saturated rings. The monoisotopic (exact) mass is 381 g/mol. The predicted molar refractivity (Wildman–Crippen MR) is 99.7 cm³/mol. The highest BCUT2D eigenvalue weighted by atomic mass is 32.2. The molecule has 3 rings (SSSR count). The summed E-state index contributed by atoms with van der Waals surface area (Å²) in [5.74, 6) is 1.06. The minimum atomic E-state index is -3.06. The second kappa shape index (κ2) is 7.15. The van der Waals surface area contributed by atoms with Gasteiger partial charge in [-0.1, -0.05) is 6.07 Å². The Bertz CT molecular complexity index is 755. The molecule has 1 aromatic heterocycles. The number of piperidine rings is 2. The zero-order chi connectivity index (χ0) is 18.9. The fourth-order valence-corrected chi connectivity index (χ4v) is 4.89. The minimum absolute atomic E-state index is 0.00261. The van der Waals surface area contributed by atoms with Crippen molar-refractivity contribution >= 4 is 21.6 Å². The number of carbonyl (C=O) groups excluding carboxylic acids is 1. The number of sulfone groups is 1. The first-order chi connectivity index (χ1) is 12.2. The highest BCUT2D eigenvalue weighted by Gasteiger charge is 2.48. The smallest absolute Gasteiger partial charge is 0.228 e. The number of nitrogens with zero attached hydrogens (tertiary/aromatic N) is 3. The van der Waals surface area contributed by atoms with E-state index in [1.807, 2.05) is 19.2 Å². The van der Waals surface area contributed by atoms with Crippen LogP contribution in [-0.4, -0.2) is 70.4 Å². The molecule has 0 aliphatic carbocycles. The van der Waals surface area contributed by atoms with E-state index >= 15 is 0 Å². The van der Waals surface area contributed by atoms with Crippen molar-refractivity contribution < 1.29 is 17.9 Å². The molecule has 2 aliphatic heterocycles. The average Bonchev–Trinajstić information content (AvgIpc) is 2.59. The number of aromatic nitrogens is 1. The Kier molecular flexibility index (Phi) is 5.25. The van der Waals surface area contributed by atoms with E-state index in [0.29, 0.717) is 12.1 Å². The van der Waals surface area contributed by atoms with E-state index in [2.05, 4.69) is 9.88 Å². The first-order valence-electron chi connectivity index (χ1n) is 8.88. The Morgan fingerprint density at radius 2 is 2.00 bits per heavy atom. The molecule has 26 heavy (non-hydrogen) atoms. The Morgan fingerprint density at radius 3 is 2.54 bits per heavy atom. The maximum Gasteiger partial charge on any atom is 0.228 e. The van der Waals surface area contributed by atoms with Gasteiger partial charge in [-0.2, -0.15) is 0 Å². The highest BCUT2D eigenvalue weighted by molar-refractivity contribution is 7.89. The molecular weight excluding hydrogens is 354 g/mol. The SMILES string of the molecule is COC1CN(C)C(=O)C2(CCN(c3ccc(CS(C)(=O)=O)cn3)CC2)C1. The quantitative estimate of drug-likeness (QED) is 0.777. The molecule has 8 heteroatoms. The Balaban J connectivity index is 1.67. The number of hydrogen-bond donors (Lipinski definition) is 0. The maximum absolute atomic E-state index is 12.8. The van der Waals surface area contributed by atoms with Crippen LogP contribution in [0.4, 0.5) is 5.82 Å². The Hall–Kier alpha value is -1.67. The van der Waals surface area contributed by atoms with Crippen LogP contribution in [0.15, 0.2) is 18.3 Å². The van der Waals surface area contributed by atoms with E-state index < -0.39 is 9.84 Å². The molecule has 144 valence electrons. The van der Waals surface area contributed by atoms with Gasteiger partial charge in [-0.25, -0.2) is 13.4 Å². The third-order valence-corrected chi connectivity index (χ3v) is 6.37. The van der Waals surface area contributed by atoms with E-state index in [9.17, 15) is 13.2 Å². The van der Waals surface area contributed by atoms with Crippen LogP contribution in [0.2, 0.25) is 0 Å². The van der Waals surface area contributed by atoms with Crippen molar-refractivity contribution in [2.45, 2.75) is 31.1 Å². The van der Waals surface area contributed by atoms with Crippen molar-refractivity contribution in [3.8, 4) is 0 Å². The van der Waals surface area contributed by atoms with Gasteiger partial charge in [0.05, 0.1) is 17.3 Å². The molecule has 7 nitrogen and oxygen atoms in total. The van der Waals surface area contributed by atoms with Gasteiger partial charge in [-0.15, -0.1) is 0 Å². The second-order valence-corrected chi connectivity index (χ2v) is 9.75. The van der Waals surface area contributed by atoms with Crippen molar-refractivity contribution in [1.29, 1.82) is 0 Å². The van der Waals surface area contributed by atoms with Gasteiger partial charge in [-0.3, -0.25) is 4.79 Å². The molecule has 0 N–H and O–H groups in total. The van der Waals surface area contributed by atoms with Crippen molar-refractivity contribution in [2.75, 3.05) is 44.9 Å². The topological polar surface area (TPSA) is 79.8 Å². The molecule has 2 aliphatic rings. The molecule has 0 aromatic carbocycles. The summed E-state index contributed by atoms with van der Waals surface area (Å²) in [7, 11) is 0.498. The first kappa shape index (κ1) is 19.1. The normalized spacial score (nSPS) is 23.5. The van der Waals surface area contributed by atoms with Crippen LogP contribution in [0.3, 0.4) is 0 Å². The number of hydrogen-bond acceptors (Lipinski definition) is 6. The lowest BCUT2D eigenvalue weighted by molar-refractivity contribution is -0.153. The van der Waals surface area contributed by atoms with Crippen molar-refractivity contribution in [3.63, 3.8) is 0 Å². The number of amides is 1. The van der Waals surface area contributed by atoms with Gasteiger partial charge < -0.3 is 14.5 Å². The first-order valence-corrected chi connectivity index (χ1v) is 10.9. The van der Waals surface area contributed by atoms with Crippen molar-refractivity contribution in [2.24, 2.45) is 5.41 Å². The summed E-state index contributed by atoms with van der Waals surface area (Å²) in [6.45, 7) is 2.17. The van der Waals surface area contributed by atoms with E-state index in [-0.39, 0.29) is 23.2 Å². The van der Waals surface area contributed by atoms with Crippen molar-refractivity contribution in [3.05, 3.63) is 23.9 Å². The van der Waals surface area contributed by atoms with Gasteiger partial charge in [0.25, 0.3) is 0 Å². The van der Waals surface area contributed by atoms with Crippen LogP contribution in [-0.2, 0) is 25.1 Å². The van der Waals surface area contributed by atoms with Crippen LogP contribution < -0.4 is 4.90 Å². The maximum atomic E-state index is 12.8. The van der Waals surface area contributed by atoms with Crippen LogP contribution >= 0.6 is 0 Å². The molecule has 0 saturated carbocycles. The molecule has 0 bridgehead atoms. The number of rotatable bonds is 4. The number of anilines is 1. The third kappa shape index (κ3) is 4.01. The standard InChI is InChI=1S/C18H27N3O4S/c1-20-12-15(25-2)10-18(17(20)22)6-8-21(9-7-18)16-5-4-14(11-19-16)13-26(3,23)24/h4-5,11,15H,6-10,12-13H2,1-3H3. The summed E-state index contributed by atoms with van der Waals surface area (Å²) in [4.78, 5) is 21.2. The van der Waals surface area contributed by atoms with E-state index in [1.165, 1.54) is 6.26 Å². The van der Waals surface area contributed by atoms with Crippen LogP contribution in [0.1, 0.15) is 24.8 Å². The molecule has 1 unspecified atom stereocenters. The highest BCUT2D eigenvalue weighted by Crippen LogP contribution is 2.41. The summed E-state index contributed by atoms with van der Waals surface area (Å²) < 4.78 is 28.3.